The van der Waals surface area contributed by atoms with Gasteiger partial charge in [0.05, 0.1) is 12.6 Å². The molecule has 0 bridgehead atoms. The quantitative estimate of drug-likeness (QED) is 0.749. The van der Waals surface area contributed by atoms with E-state index in [4.69, 9.17) is 10.5 Å². The predicted molar refractivity (Wildman–Crippen MR) is 68.6 cm³/mol. The first-order chi connectivity index (χ1) is 7.63. The van der Waals surface area contributed by atoms with Crippen LogP contribution in [0.4, 0.5) is 0 Å². The summed E-state index contributed by atoms with van der Waals surface area (Å²) in [5.41, 5.74) is 9.79. The summed E-state index contributed by atoms with van der Waals surface area (Å²) in [6.45, 7) is 7.79. The molecule has 0 saturated carbocycles. The van der Waals surface area contributed by atoms with Gasteiger partial charge >= 0.3 is 0 Å². The normalized spacial score (nSPS) is 12.8. The van der Waals surface area contributed by atoms with Gasteiger partial charge in [-0.15, -0.1) is 0 Å². The van der Waals surface area contributed by atoms with Gasteiger partial charge in [0.15, 0.2) is 0 Å². The number of nitrogens with two attached hydrogens (primary N) is 1. The second-order valence-electron chi connectivity index (χ2n) is 4.46. The van der Waals surface area contributed by atoms with Crippen molar-refractivity contribution in [3.05, 3.63) is 34.9 Å². The van der Waals surface area contributed by atoms with Crippen LogP contribution >= 0.6 is 0 Å². The van der Waals surface area contributed by atoms with Gasteiger partial charge in [0, 0.05) is 6.61 Å². The fraction of sp³-hybridized carbons (Fsp3) is 0.571. The molecule has 2 N–H and O–H groups in total. The van der Waals surface area contributed by atoms with Crippen LogP contribution in [0.15, 0.2) is 18.2 Å². The molecule has 0 aliphatic heterocycles. The minimum atomic E-state index is -0.00421. The zero-order valence-corrected chi connectivity index (χ0v) is 10.6. The van der Waals surface area contributed by atoms with Crippen molar-refractivity contribution in [1.29, 1.82) is 0 Å². The lowest BCUT2D eigenvalue weighted by Gasteiger charge is -2.14. The van der Waals surface area contributed by atoms with Crippen molar-refractivity contribution in [2.24, 2.45) is 5.73 Å². The number of hydrogen-bond donors (Lipinski definition) is 1. The van der Waals surface area contributed by atoms with Crippen LogP contribution in [-0.4, -0.2) is 13.2 Å². The number of benzene rings is 1. The Balaban J connectivity index is 2.48. The third-order valence-electron chi connectivity index (χ3n) is 2.61. The van der Waals surface area contributed by atoms with E-state index < -0.39 is 0 Å². The molecule has 0 heterocycles. The van der Waals surface area contributed by atoms with Gasteiger partial charge in [-0.2, -0.15) is 0 Å². The van der Waals surface area contributed by atoms with Crippen molar-refractivity contribution in [2.75, 3.05) is 13.2 Å². The summed E-state index contributed by atoms with van der Waals surface area (Å²) < 4.78 is 5.54. The Labute approximate surface area is 98.8 Å². The fourth-order valence-corrected chi connectivity index (χ4v) is 1.78. The molecule has 0 aliphatic rings. The lowest BCUT2D eigenvalue weighted by molar-refractivity contribution is 0.118. The summed E-state index contributed by atoms with van der Waals surface area (Å²) in [6.07, 6.45) is 2.28. The molecule has 1 aromatic rings. The average molecular weight is 221 g/mol. The van der Waals surface area contributed by atoms with E-state index in [0.29, 0.717) is 6.61 Å². The molecular formula is C14H23NO. The van der Waals surface area contributed by atoms with E-state index in [1.807, 2.05) is 0 Å². The minimum absolute atomic E-state index is 0.00421. The number of hydrogen-bond acceptors (Lipinski definition) is 2. The smallest absolute Gasteiger partial charge is 0.0659 e. The fourth-order valence-electron chi connectivity index (χ4n) is 1.78. The highest BCUT2D eigenvalue weighted by atomic mass is 16.5. The molecule has 2 heteroatoms. The summed E-state index contributed by atoms with van der Waals surface area (Å²) in [5, 5.41) is 0. The van der Waals surface area contributed by atoms with E-state index in [1.165, 1.54) is 23.1 Å². The van der Waals surface area contributed by atoms with Crippen molar-refractivity contribution in [3.8, 4) is 0 Å². The first-order valence-electron chi connectivity index (χ1n) is 6.05. The standard InChI is InChI=1S/C14H23NO/c1-4-5-6-16-10-14(15)13-8-11(2)7-12(3)9-13/h7-9,14H,4-6,10,15H2,1-3H3. The summed E-state index contributed by atoms with van der Waals surface area (Å²) >= 11 is 0. The summed E-state index contributed by atoms with van der Waals surface area (Å²) in [4.78, 5) is 0. The molecular weight excluding hydrogens is 198 g/mol. The van der Waals surface area contributed by atoms with Crippen molar-refractivity contribution in [1.82, 2.24) is 0 Å². The first kappa shape index (κ1) is 13.2. The molecule has 1 unspecified atom stereocenters. The third kappa shape index (κ3) is 4.33. The predicted octanol–water partition coefficient (Wildman–Crippen LogP) is 3.12. The van der Waals surface area contributed by atoms with Crippen LogP contribution in [0.25, 0.3) is 0 Å². The first-order valence-corrected chi connectivity index (χ1v) is 6.05. The maximum atomic E-state index is 6.09. The van der Waals surface area contributed by atoms with Crippen LogP contribution in [0.5, 0.6) is 0 Å². The van der Waals surface area contributed by atoms with E-state index in [1.54, 1.807) is 0 Å². The minimum Gasteiger partial charge on any atom is -0.379 e. The molecule has 90 valence electrons. The Morgan fingerprint density at radius 1 is 1.19 bits per heavy atom. The Hall–Kier alpha value is -0.860. The van der Waals surface area contributed by atoms with Gasteiger partial charge in [-0.1, -0.05) is 42.7 Å². The molecule has 1 atom stereocenters. The molecule has 0 spiro atoms. The molecule has 1 rings (SSSR count). The molecule has 0 radical (unpaired) electrons. The molecule has 0 amide bonds. The van der Waals surface area contributed by atoms with Gasteiger partial charge in [0.25, 0.3) is 0 Å². The number of ether oxygens (including phenoxy) is 1. The van der Waals surface area contributed by atoms with E-state index >= 15 is 0 Å². The average Bonchev–Trinajstić information content (AvgIpc) is 2.22. The van der Waals surface area contributed by atoms with Crippen molar-refractivity contribution >= 4 is 0 Å². The summed E-state index contributed by atoms with van der Waals surface area (Å²) in [5.74, 6) is 0. The Bertz CT molecular complexity index is 302. The van der Waals surface area contributed by atoms with E-state index in [-0.39, 0.29) is 6.04 Å². The maximum Gasteiger partial charge on any atom is 0.0659 e. The topological polar surface area (TPSA) is 35.2 Å². The highest BCUT2D eigenvalue weighted by Gasteiger charge is 2.06. The lowest BCUT2D eigenvalue weighted by Crippen LogP contribution is -2.17. The van der Waals surface area contributed by atoms with Crippen LogP contribution < -0.4 is 5.73 Å². The lowest BCUT2D eigenvalue weighted by atomic mass is 10.0. The highest BCUT2D eigenvalue weighted by molar-refractivity contribution is 5.30. The molecule has 2 nitrogen and oxygen atoms in total. The van der Waals surface area contributed by atoms with Gasteiger partial charge in [0.1, 0.15) is 0 Å². The monoisotopic (exact) mass is 221 g/mol. The van der Waals surface area contributed by atoms with Gasteiger partial charge < -0.3 is 10.5 Å². The number of aryl methyl sites for hydroxylation is 2. The number of rotatable bonds is 6. The van der Waals surface area contributed by atoms with Gasteiger partial charge in [-0.25, -0.2) is 0 Å². The van der Waals surface area contributed by atoms with E-state index in [0.717, 1.165) is 13.0 Å². The largest absolute Gasteiger partial charge is 0.379 e. The van der Waals surface area contributed by atoms with Crippen LogP contribution in [-0.2, 0) is 4.74 Å². The van der Waals surface area contributed by atoms with Crippen LogP contribution in [0, 0.1) is 13.8 Å². The van der Waals surface area contributed by atoms with Crippen molar-refractivity contribution in [3.63, 3.8) is 0 Å². The van der Waals surface area contributed by atoms with E-state index in [2.05, 4.69) is 39.0 Å². The molecule has 0 aliphatic carbocycles. The van der Waals surface area contributed by atoms with Crippen LogP contribution in [0.1, 0.15) is 42.5 Å². The Morgan fingerprint density at radius 2 is 1.81 bits per heavy atom. The molecule has 0 fully saturated rings. The van der Waals surface area contributed by atoms with E-state index in [9.17, 15) is 0 Å². The zero-order chi connectivity index (χ0) is 12.0. The second-order valence-corrected chi connectivity index (χ2v) is 4.46. The second kappa shape index (κ2) is 6.66. The van der Waals surface area contributed by atoms with Crippen molar-refractivity contribution in [2.45, 2.75) is 39.7 Å². The Morgan fingerprint density at radius 3 is 2.38 bits per heavy atom. The number of unbranched alkanes of at least 4 members (excludes halogenated alkanes) is 1. The zero-order valence-electron chi connectivity index (χ0n) is 10.6. The van der Waals surface area contributed by atoms with Crippen LogP contribution in [0.3, 0.4) is 0 Å². The van der Waals surface area contributed by atoms with Gasteiger partial charge in [-0.3, -0.25) is 0 Å². The van der Waals surface area contributed by atoms with Gasteiger partial charge in [-0.05, 0) is 25.8 Å². The van der Waals surface area contributed by atoms with Crippen LogP contribution in [0.2, 0.25) is 0 Å². The summed E-state index contributed by atoms with van der Waals surface area (Å²) in [7, 11) is 0. The molecule has 0 saturated heterocycles. The van der Waals surface area contributed by atoms with Gasteiger partial charge in [0.2, 0.25) is 0 Å². The Kier molecular flexibility index (Phi) is 5.50. The maximum absolute atomic E-state index is 6.09. The SMILES string of the molecule is CCCCOCC(N)c1cc(C)cc(C)c1. The highest BCUT2D eigenvalue weighted by Crippen LogP contribution is 2.15. The van der Waals surface area contributed by atoms with Crippen molar-refractivity contribution < 1.29 is 4.74 Å². The molecule has 1 aromatic carbocycles. The molecule has 16 heavy (non-hydrogen) atoms. The molecule has 0 aromatic heterocycles. The summed E-state index contributed by atoms with van der Waals surface area (Å²) in [6, 6.07) is 6.44. The third-order valence-corrected chi connectivity index (χ3v) is 2.61.